The van der Waals surface area contributed by atoms with Gasteiger partial charge in [0.05, 0.1) is 25.5 Å². The minimum Gasteiger partial charge on any atom is -0.497 e. The number of nitrogens with zero attached hydrogens (tertiary/aromatic N) is 2. The van der Waals surface area contributed by atoms with Crippen molar-refractivity contribution in [1.82, 2.24) is 9.47 Å². The number of carbonyl (C=O) groups excluding carboxylic acids is 2. The highest BCUT2D eigenvalue weighted by molar-refractivity contribution is 6.31. The van der Waals surface area contributed by atoms with Crippen LogP contribution in [0.3, 0.4) is 0 Å². The van der Waals surface area contributed by atoms with Gasteiger partial charge in [-0.05, 0) is 61.1 Å². The number of halogens is 2. The summed E-state index contributed by atoms with van der Waals surface area (Å²) >= 11 is 13.0. The lowest BCUT2D eigenvalue weighted by Gasteiger charge is -2.39. The Morgan fingerprint density at radius 1 is 1.07 bits per heavy atom. The molecular formula is C32H31Cl2N3O4. The van der Waals surface area contributed by atoms with E-state index in [0.29, 0.717) is 56.0 Å². The Hall–Kier alpha value is -3.68. The molecule has 7 nitrogen and oxygen atoms in total. The number of fused-ring (bicyclic) bond motifs is 4. The predicted octanol–water partition coefficient (Wildman–Crippen LogP) is 7.36. The lowest BCUT2D eigenvalue weighted by atomic mass is 9.80. The Labute approximate surface area is 249 Å². The average molecular weight is 593 g/mol. The Morgan fingerprint density at radius 2 is 1.83 bits per heavy atom. The smallest absolute Gasteiger partial charge is 0.261 e. The van der Waals surface area contributed by atoms with E-state index in [4.69, 9.17) is 32.7 Å². The molecule has 6 rings (SSSR count). The van der Waals surface area contributed by atoms with Crippen LogP contribution in [0.25, 0.3) is 5.69 Å². The monoisotopic (exact) mass is 591 g/mol. The van der Waals surface area contributed by atoms with Crippen molar-refractivity contribution in [3.63, 3.8) is 0 Å². The Morgan fingerprint density at radius 3 is 2.51 bits per heavy atom. The number of nitrogens with one attached hydrogen (secondary N) is 1. The summed E-state index contributed by atoms with van der Waals surface area (Å²) in [5.41, 5.74) is 4.10. The number of allylic oxidation sites excluding steroid dienone is 3. The summed E-state index contributed by atoms with van der Waals surface area (Å²) in [6.07, 6.45) is 4.34. The number of amides is 2. The van der Waals surface area contributed by atoms with Gasteiger partial charge in [-0.3, -0.25) is 14.5 Å². The van der Waals surface area contributed by atoms with E-state index in [0.717, 1.165) is 17.0 Å². The molecule has 212 valence electrons. The Kier molecular flexibility index (Phi) is 6.51. The molecule has 9 heteroatoms. The first kappa shape index (κ1) is 27.5. The third kappa shape index (κ3) is 3.78. The van der Waals surface area contributed by atoms with Crippen LogP contribution in [0.2, 0.25) is 5.02 Å². The molecule has 3 aromatic rings. The van der Waals surface area contributed by atoms with Crippen molar-refractivity contribution < 1.29 is 19.1 Å². The van der Waals surface area contributed by atoms with E-state index in [9.17, 15) is 9.59 Å². The number of anilines is 1. The van der Waals surface area contributed by atoms with E-state index in [-0.39, 0.29) is 23.7 Å². The van der Waals surface area contributed by atoms with Crippen LogP contribution in [-0.2, 0) is 10.3 Å². The second-order valence-corrected chi connectivity index (χ2v) is 12.0. The minimum atomic E-state index is -1.46. The van der Waals surface area contributed by atoms with Crippen LogP contribution in [0.4, 0.5) is 5.69 Å². The normalized spacial score (nSPS) is 21.4. The first-order chi connectivity index (χ1) is 19.5. The zero-order valence-electron chi connectivity index (χ0n) is 23.8. The highest BCUT2D eigenvalue weighted by atomic mass is 35.5. The average Bonchev–Trinajstić information content (AvgIpc) is 3.54. The van der Waals surface area contributed by atoms with E-state index in [1.807, 2.05) is 42.0 Å². The fraction of sp³-hybridized carbons (Fsp3) is 0.312. The minimum absolute atomic E-state index is 0.0705. The maximum atomic E-state index is 14.7. The number of hydrogen-bond acceptors (Lipinski definition) is 4. The van der Waals surface area contributed by atoms with E-state index >= 15 is 0 Å². The van der Waals surface area contributed by atoms with Gasteiger partial charge in [-0.2, -0.15) is 0 Å². The molecule has 41 heavy (non-hydrogen) atoms. The summed E-state index contributed by atoms with van der Waals surface area (Å²) in [6.45, 7) is 8.20. The van der Waals surface area contributed by atoms with E-state index in [1.165, 1.54) is 0 Å². The van der Waals surface area contributed by atoms with Gasteiger partial charge in [0.25, 0.3) is 11.8 Å². The van der Waals surface area contributed by atoms with E-state index in [1.54, 1.807) is 37.3 Å². The van der Waals surface area contributed by atoms with Crippen LogP contribution in [0.5, 0.6) is 11.5 Å². The lowest BCUT2D eigenvalue weighted by molar-refractivity contribution is -0.122. The largest absolute Gasteiger partial charge is 0.497 e. The first-order valence-corrected chi connectivity index (χ1v) is 14.3. The van der Waals surface area contributed by atoms with Crippen molar-refractivity contribution in [3.8, 4) is 17.2 Å². The Bertz CT molecular complexity index is 1700. The van der Waals surface area contributed by atoms with Crippen LogP contribution >= 0.6 is 23.2 Å². The zero-order chi connectivity index (χ0) is 29.4. The standard InChI is InChI=1S/C32H31Cl2N3O4/c1-16(2)29-28-22(15-36(29)25-10-8-21(40-5)14-27(25)41-6)30(38)37(26-13-20(34)11-17(3)18(26)4)32(28)23-9-7-19(33)12-24(23)35-31(32)39/h7-10,12-17H,11H2,1-6H3,(H,35,39). The summed E-state index contributed by atoms with van der Waals surface area (Å²) in [5.74, 6) is 0.680. The van der Waals surface area contributed by atoms with Gasteiger partial charge in [0, 0.05) is 50.5 Å². The van der Waals surface area contributed by atoms with Crippen molar-refractivity contribution >= 4 is 40.7 Å². The molecule has 2 atom stereocenters. The number of ether oxygens (including phenoxy) is 2. The molecule has 2 aliphatic heterocycles. The molecule has 0 saturated heterocycles. The zero-order valence-corrected chi connectivity index (χ0v) is 25.3. The predicted molar refractivity (Wildman–Crippen MR) is 160 cm³/mol. The summed E-state index contributed by atoms with van der Waals surface area (Å²) in [7, 11) is 3.19. The molecule has 1 aromatic heterocycles. The van der Waals surface area contributed by atoms with Crippen LogP contribution in [0.1, 0.15) is 67.2 Å². The summed E-state index contributed by atoms with van der Waals surface area (Å²) in [4.78, 5) is 30.8. The molecule has 3 aliphatic rings. The molecule has 1 spiro atoms. The van der Waals surface area contributed by atoms with Gasteiger partial charge in [0.1, 0.15) is 11.5 Å². The quantitative estimate of drug-likeness (QED) is 0.336. The number of aromatic nitrogens is 1. The maximum absolute atomic E-state index is 14.7. The van der Waals surface area contributed by atoms with Crippen LogP contribution < -0.4 is 14.8 Å². The van der Waals surface area contributed by atoms with Gasteiger partial charge in [0.15, 0.2) is 5.54 Å². The molecule has 3 heterocycles. The fourth-order valence-electron chi connectivity index (χ4n) is 6.49. The molecule has 2 amide bonds. The molecule has 1 N–H and O–H groups in total. The molecule has 0 bridgehead atoms. The highest BCUT2D eigenvalue weighted by Crippen LogP contribution is 2.57. The fourth-order valence-corrected chi connectivity index (χ4v) is 7.00. The molecule has 0 fully saturated rings. The van der Waals surface area contributed by atoms with Gasteiger partial charge in [-0.1, -0.05) is 50.0 Å². The molecule has 1 aliphatic carbocycles. The summed E-state index contributed by atoms with van der Waals surface area (Å²) in [5, 5.41) is 4.18. The molecule has 2 unspecified atom stereocenters. The molecule has 0 saturated carbocycles. The van der Waals surface area contributed by atoms with E-state index < -0.39 is 5.54 Å². The number of carbonyl (C=O) groups is 2. The van der Waals surface area contributed by atoms with Crippen molar-refractivity contribution in [3.05, 3.63) is 92.4 Å². The van der Waals surface area contributed by atoms with Gasteiger partial charge >= 0.3 is 0 Å². The molecular weight excluding hydrogens is 561 g/mol. The summed E-state index contributed by atoms with van der Waals surface area (Å²) in [6, 6.07) is 10.9. The van der Waals surface area contributed by atoms with Crippen LogP contribution in [0, 0.1) is 5.92 Å². The van der Waals surface area contributed by atoms with E-state index in [2.05, 4.69) is 26.1 Å². The van der Waals surface area contributed by atoms with Crippen molar-refractivity contribution in [2.75, 3.05) is 19.5 Å². The van der Waals surface area contributed by atoms with Crippen molar-refractivity contribution in [2.24, 2.45) is 5.92 Å². The number of benzene rings is 2. The SMILES string of the molecule is COc1ccc(-n2cc3c(c2C(C)C)C2(C(=O)Nc4cc(Cl)ccc42)N(C2=C(C)C(C)CC(Cl)=C2)C3=O)c(OC)c1. The summed E-state index contributed by atoms with van der Waals surface area (Å²) < 4.78 is 13.1. The second-order valence-electron chi connectivity index (χ2n) is 11.1. The number of methoxy groups -OCH3 is 2. The van der Waals surface area contributed by atoms with Crippen LogP contribution in [0.15, 0.2) is 65.0 Å². The first-order valence-electron chi connectivity index (χ1n) is 13.6. The Balaban J connectivity index is 1.72. The van der Waals surface area contributed by atoms with Gasteiger partial charge in [-0.15, -0.1) is 0 Å². The highest BCUT2D eigenvalue weighted by Gasteiger charge is 2.63. The number of hydrogen-bond donors (Lipinski definition) is 1. The lowest BCUT2D eigenvalue weighted by Crippen LogP contribution is -2.50. The van der Waals surface area contributed by atoms with Crippen molar-refractivity contribution in [1.29, 1.82) is 0 Å². The third-order valence-electron chi connectivity index (χ3n) is 8.49. The van der Waals surface area contributed by atoms with Gasteiger partial charge in [-0.25, -0.2) is 0 Å². The topological polar surface area (TPSA) is 72.8 Å². The molecule has 0 radical (unpaired) electrons. The number of rotatable bonds is 5. The van der Waals surface area contributed by atoms with Crippen molar-refractivity contribution in [2.45, 2.75) is 45.6 Å². The van der Waals surface area contributed by atoms with Crippen LogP contribution in [-0.4, -0.2) is 35.5 Å². The third-order valence-corrected chi connectivity index (χ3v) is 8.99. The second kappa shape index (κ2) is 9.71. The van der Waals surface area contributed by atoms with Gasteiger partial charge in [0.2, 0.25) is 0 Å². The molecule has 2 aromatic carbocycles. The maximum Gasteiger partial charge on any atom is 0.261 e. The van der Waals surface area contributed by atoms with Gasteiger partial charge < -0.3 is 19.4 Å².